The van der Waals surface area contributed by atoms with Gasteiger partial charge in [0.25, 0.3) is 0 Å². The molecule has 4 aliphatic rings. The van der Waals surface area contributed by atoms with Crippen molar-refractivity contribution < 1.29 is 14.3 Å². The van der Waals surface area contributed by atoms with Crippen molar-refractivity contribution in [3.8, 4) is 0 Å². The molecule has 0 aromatic rings. The first kappa shape index (κ1) is 15.4. The number of rotatable bonds is 5. The van der Waals surface area contributed by atoms with Crippen LogP contribution in [0.4, 0.5) is 0 Å². The highest BCUT2D eigenvalue weighted by atomic mass is 16.5. The van der Waals surface area contributed by atoms with Gasteiger partial charge in [-0.05, 0) is 50.9 Å². The zero-order valence-electron chi connectivity index (χ0n) is 14.1. The van der Waals surface area contributed by atoms with Crippen molar-refractivity contribution in [2.24, 2.45) is 11.3 Å². The normalized spacial score (nSPS) is 32.7. The molecule has 2 amide bonds. The van der Waals surface area contributed by atoms with Gasteiger partial charge in [-0.3, -0.25) is 9.59 Å². The lowest BCUT2D eigenvalue weighted by molar-refractivity contribution is -0.147. The number of fused-ring (bicyclic) bond motifs is 1. The van der Waals surface area contributed by atoms with Crippen molar-refractivity contribution in [1.29, 1.82) is 0 Å². The molecule has 2 saturated heterocycles. The van der Waals surface area contributed by atoms with E-state index in [2.05, 4.69) is 9.80 Å². The van der Waals surface area contributed by atoms with E-state index in [1.54, 1.807) is 7.11 Å². The molecule has 0 radical (unpaired) electrons. The summed E-state index contributed by atoms with van der Waals surface area (Å²) in [5, 5.41) is 0. The molecule has 2 aliphatic carbocycles. The molecule has 0 bridgehead atoms. The summed E-state index contributed by atoms with van der Waals surface area (Å²) < 4.78 is 5.19. The molecule has 2 aliphatic heterocycles. The first-order valence-electron chi connectivity index (χ1n) is 9.24. The van der Waals surface area contributed by atoms with Crippen LogP contribution in [0, 0.1) is 11.3 Å². The Labute approximate surface area is 138 Å². The van der Waals surface area contributed by atoms with Crippen molar-refractivity contribution in [2.75, 3.05) is 26.8 Å². The van der Waals surface area contributed by atoms with Crippen LogP contribution in [0.1, 0.15) is 51.4 Å². The molecule has 0 aromatic heterocycles. The van der Waals surface area contributed by atoms with Crippen LogP contribution in [0.3, 0.4) is 0 Å². The molecule has 128 valence electrons. The largest absolute Gasteiger partial charge is 0.385 e. The molecular weight excluding hydrogens is 292 g/mol. The van der Waals surface area contributed by atoms with Crippen LogP contribution < -0.4 is 0 Å². The lowest BCUT2D eigenvalue weighted by atomic mass is 9.82. The number of methoxy groups -OCH3 is 1. The average Bonchev–Trinajstić information content (AvgIpc) is 3.46. The van der Waals surface area contributed by atoms with E-state index in [4.69, 9.17) is 4.74 Å². The van der Waals surface area contributed by atoms with E-state index in [1.807, 2.05) is 0 Å². The van der Waals surface area contributed by atoms with Crippen LogP contribution in [0.5, 0.6) is 0 Å². The highest BCUT2D eigenvalue weighted by Crippen LogP contribution is 2.51. The summed E-state index contributed by atoms with van der Waals surface area (Å²) in [6.07, 6.45) is 7.86. The predicted octanol–water partition coefficient (Wildman–Crippen LogP) is 1.80. The first-order chi connectivity index (χ1) is 11.1. The molecule has 0 N–H and O–H groups in total. The fourth-order valence-electron chi connectivity index (χ4n) is 4.66. The third-order valence-electron chi connectivity index (χ3n) is 6.39. The third-order valence-corrected chi connectivity index (χ3v) is 6.39. The standard InChI is InChI=1S/C18H28N2O3/c1-23-11-9-18(7-8-18)17(22)19-10-6-15-13(12-19)2-5-16(21)20(15)14-3-4-14/h13-15H,2-12H2,1H3. The minimum absolute atomic E-state index is 0.122. The summed E-state index contributed by atoms with van der Waals surface area (Å²) in [5.41, 5.74) is -0.122. The van der Waals surface area contributed by atoms with Gasteiger partial charge in [-0.2, -0.15) is 0 Å². The Morgan fingerprint density at radius 2 is 2.04 bits per heavy atom. The lowest BCUT2D eigenvalue weighted by Crippen LogP contribution is -2.58. The molecule has 2 saturated carbocycles. The van der Waals surface area contributed by atoms with Gasteiger partial charge in [0, 0.05) is 45.3 Å². The Bertz CT molecular complexity index is 498. The average molecular weight is 320 g/mol. The summed E-state index contributed by atoms with van der Waals surface area (Å²) >= 11 is 0. The van der Waals surface area contributed by atoms with E-state index >= 15 is 0 Å². The second-order valence-corrected chi connectivity index (χ2v) is 7.96. The summed E-state index contributed by atoms with van der Waals surface area (Å²) in [4.78, 5) is 29.5. The fraction of sp³-hybridized carbons (Fsp3) is 0.889. The van der Waals surface area contributed by atoms with Crippen LogP contribution in [0.25, 0.3) is 0 Å². The van der Waals surface area contributed by atoms with Crippen molar-refractivity contribution in [1.82, 2.24) is 9.80 Å². The molecule has 23 heavy (non-hydrogen) atoms. The zero-order valence-corrected chi connectivity index (χ0v) is 14.1. The van der Waals surface area contributed by atoms with Gasteiger partial charge in [-0.15, -0.1) is 0 Å². The molecule has 0 spiro atoms. The van der Waals surface area contributed by atoms with Crippen LogP contribution >= 0.6 is 0 Å². The van der Waals surface area contributed by atoms with Crippen molar-refractivity contribution in [3.05, 3.63) is 0 Å². The highest BCUT2D eigenvalue weighted by molar-refractivity contribution is 5.85. The molecule has 5 nitrogen and oxygen atoms in total. The van der Waals surface area contributed by atoms with Gasteiger partial charge in [-0.1, -0.05) is 0 Å². The number of carbonyl (C=O) groups is 2. The van der Waals surface area contributed by atoms with Crippen LogP contribution in [-0.2, 0) is 14.3 Å². The summed E-state index contributed by atoms with van der Waals surface area (Å²) in [6.45, 7) is 2.36. The van der Waals surface area contributed by atoms with E-state index in [-0.39, 0.29) is 5.41 Å². The van der Waals surface area contributed by atoms with Gasteiger partial charge >= 0.3 is 0 Å². The molecule has 2 unspecified atom stereocenters. The topological polar surface area (TPSA) is 49.9 Å². The van der Waals surface area contributed by atoms with Crippen molar-refractivity contribution >= 4 is 11.8 Å². The summed E-state index contributed by atoms with van der Waals surface area (Å²) in [6, 6.07) is 0.899. The van der Waals surface area contributed by atoms with Gasteiger partial charge in [0.15, 0.2) is 0 Å². The molecule has 2 heterocycles. The number of hydrogen-bond donors (Lipinski definition) is 0. The maximum absolute atomic E-state index is 12.9. The maximum atomic E-state index is 12.9. The maximum Gasteiger partial charge on any atom is 0.228 e. The fourth-order valence-corrected chi connectivity index (χ4v) is 4.66. The molecule has 5 heteroatoms. The van der Waals surface area contributed by atoms with Gasteiger partial charge in [0.05, 0.1) is 5.41 Å². The Hall–Kier alpha value is -1.10. The van der Waals surface area contributed by atoms with Crippen LogP contribution in [-0.4, -0.2) is 60.5 Å². The Morgan fingerprint density at radius 1 is 1.26 bits per heavy atom. The summed E-state index contributed by atoms with van der Waals surface area (Å²) in [5.74, 6) is 1.19. The smallest absolute Gasteiger partial charge is 0.228 e. The monoisotopic (exact) mass is 320 g/mol. The van der Waals surface area contributed by atoms with E-state index in [1.165, 1.54) is 12.8 Å². The van der Waals surface area contributed by atoms with E-state index in [0.717, 1.165) is 45.2 Å². The molecule has 2 atom stereocenters. The second kappa shape index (κ2) is 5.76. The number of carbonyl (C=O) groups excluding carboxylic acids is 2. The molecular formula is C18H28N2O3. The van der Waals surface area contributed by atoms with Crippen LogP contribution in [0.15, 0.2) is 0 Å². The number of ether oxygens (including phenoxy) is 1. The van der Waals surface area contributed by atoms with Gasteiger partial charge in [0.2, 0.25) is 11.8 Å². The predicted molar refractivity (Wildman–Crippen MR) is 85.7 cm³/mol. The zero-order chi connectivity index (χ0) is 16.0. The third kappa shape index (κ3) is 2.77. The van der Waals surface area contributed by atoms with Gasteiger partial charge < -0.3 is 14.5 Å². The Balaban J connectivity index is 1.41. The number of piperidine rings is 2. The van der Waals surface area contributed by atoms with Crippen molar-refractivity contribution in [3.63, 3.8) is 0 Å². The van der Waals surface area contributed by atoms with Crippen molar-refractivity contribution in [2.45, 2.75) is 63.5 Å². The molecule has 4 fully saturated rings. The molecule has 0 aromatic carbocycles. The summed E-state index contributed by atoms with van der Waals surface area (Å²) in [7, 11) is 1.71. The van der Waals surface area contributed by atoms with E-state index in [9.17, 15) is 9.59 Å². The number of nitrogens with zero attached hydrogens (tertiary/aromatic N) is 2. The number of amides is 2. The second-order valence-electron chi connectivity index (χ2n) is 7.96. The minimum atomic E-state index is -0.122. The van der Waals surface area contributed by atoms with E-state index in [0.29, 0.717) is 42.8 Å². The SMILES string of the molecule is COCCC1(C(=O)N2CCC3C(CCC(=O)N3C3CC3)C2)CC1. The number of hydrogen-bond acceptors (Lipinski definition) is 3. The van der Waals surface area contributed by atoms with Gasteiger partial charge in [-0.25, -0.2) is 0 Å². The quantitative estimate of drug-likeness (QED) is 0.776. The van der Waals surface area contributed by atoms with Gasteiger partial charge in [0.1, 0.15) is 0 Å². The highest BCUT2D eigenvalue weighted by Gasteiger charge is 2.53. The molecule has 4 rings (SSSR count). The number of likely N-dealkylation sites (tertiary alicyclic amines) is 2. The lowest BCUT2D eigenvalue weighted by Gasteiger charge is -2.48. The first-order valence-corrected chi connectivity index (χ1v) is 9.24. The van der Waals surface area contributed by atoms with E-state index < -0.39 is 0 Å². The van der Waals surface area contributed by atoms with Crippen LogP contribution in [0.2, 0.25) is 0 Å². The Kier molecular flexibility index (Phi) is 3.87. The minimum Gasteiger partial charge on any atom is -0.385 e. The Morgan fingerprint density at radius 3 is 2.70 bits per heavy atom.